The summed E-state index contributed by atoms with van der Waals surface area (Å²) in [6, 6.07) is 1.85. The highest BCUT2D eigenvalue weighted by Gasteiger charge is 2.49. The predicted molar refractivity (Wildman–Crippen MR) is 74.4 cm³/mol. The number of pyridine rings is 1. The predicted octanol–water partition coefficient (Wildman–Crippen LogP) is 3.38. The van der Waals surface area contributed by atoms with E-state index in [1.807, 2.05) is 45.8 Å². The van der Waals surface area contributed by atoms with Gasteiger partial charge < -0.3 is 9.31 Å². The van der Waals surface area contributed by atoms with E-state index in [-0.39, 0.29) is 18.3 Å². The minimum atomic E-state index is -0.348. The van der Waals surface area contributed by atoms with Gasteiger partial charge in [0.25, 0.3) is 0 Å². The third-order valence-corrected chi connectivity index (χ3v) is 3.82. The van der Waals surface area contributed by atoms with E-state index in [0.29, 0.717) is 5.02 Å². The minimum Gasteiger partial charge on any atom is -0.400 e. The van der Waals surface area contributed by atoms with E-state index in [1.165, 1.54) is 0 Å². The maximum Gasteiger partial charge on any atom is 0.487 e. The zero-order valence-electron chi connectivity index (χ0n) is 11.1. The largest absolute Gasteiger partial charge is 0.487 e. The van der Waals surface area contributed by atoms with Gasteiger partial charge in [0.15, 0.2) is 0 Å². The molecule has 0 amide bonds. The molecule has 3 nitrogen and oxygen atoms in total. The van der Waals surface area contributed by atoms with Gasteiger partial charge in [0, 0.05) is 12.4 Å². The summed E-state index contributed by atoms with van der Waals surface area (Å²) < 4.78 is 11.7. The smallest absolute Gasteiger partial charge is 0.400 e. The second kappa shape index (κ2) is 4.69. The first-order valence-corrected chi connectivity index (χ1v) is 6.33. The summed E-state index contributed by atoms with van der Waals surface area (Å²) in [5.74, 6) is 1.87. The van der Waals surface area contributed by atoms with Crippen LogP contribution in [0.25, 0.3) is 6.08 Å². The van der Waals surface area contributed by atoms with Crippen LogP contribution in [0.3, 0.4) is 0 Å². The molecule has 1 aromatic rings. The summed E-state index contributed by atoms with van der Waals surface area (Å²) in [5, 5.41) is 0.616. The monoisotopic (exact) mass is 265 g/mol. The normalized spacial score (nSPS) is 21.7. The first-order valence-electron chi connectivity index (χ1n) is 5.95. The fraction of sp³-hybridized carbons (Fsp3) is 0.462. The maximum atomic E-state index is 6.03. The molecular weight excluding hydrogens is 248 g/mol. The van der Waals surface area contributed by atoms with E-state index in [9.17, 15) is 0 Å². The van der Waals surface area contributed by atoms with Gasteiger partial charge in [-0.2, -0.15) is 0 Å². The van der Waals surface area contributed by atoms with E-state index in [0.717, 1.165) is 5.56 Å². The number of hydrogen-bond donors (Lipinski definition) is 0. The molecule has 0 spiro atoms. The van der Waals surface area contributed by atoms with E-state index in [1.54, 1.807) is 12.4 Å². The second-order valence-electron chi connectivity index (χ2n) is 5.38. The minimum absolute atomic E-state index is 0.315. The highest BCUT2D eigenvalue weighted by Crippen LogP contribution is 2.37. The van der Waals surface area contributed by atoms with Crippen LogP contribution >= 0.6 is 11.6 Å². The fourth-order valence-corrected chi connectivity index (χ4v) is 1.85. The number of rotatable bonds is 2. The van der Waals surface area contributed by atoms with Crippen molar-refractivity contribution in [3.05, 3.63) is 35.0 Å². The van der Waals surface area contributed by atoms with Crippen LogP contribution in [0.4, 0.5) is 0 Å². The summed E-state index contributed by atoms with van der Waals surface area (Å²) in [5.41, 5.74) is 0.273. The molecular formula is C13H17BClNO2. The molecule has 2 heterocycles. The molecule has 0 aromatic carbocycles. The van der Waals surface area contributed by atoms with Gasteiger partial charge in [-0.15, -0.1) is 0 Å². The van der Waals surface area contributed by atoms with Gasteiger partial charge in [-0.1, -0.05) is 23.7 Å². The number of halogens is 1. The lowest BCUT2D eigenvalue weighted by Crippen LogP contribution is -2.41. The Kier molecular flexibility index (Phi) is 3.54. The van der Waals surface area contributed by atoms with Gasteiger partial charge in [0.05, 0.1) is 16.2 Å². The van der Waals surface area contributed by atoms with Gasteiger partial charge >= 0.3 is 7.12 Å². The van der Waals surface area contributed by atoms with Crippen LogP contribution in [0.5, 0.6) is 0 Å². The fourth-order valence-electron chi connectivity index (χ4n) is 1.67. The Morgan fingerprint density at radius 1 is 1.22 bits per heavy atom. The van der Waals surface area contributed by atoms with Crippen molar-refractivity contribution in [1.82, 2.24) is 4.98 Å². The van der Waals surface area contributed by atoms with E-state index in [4.69, 9.17) is 20.9 Å². The summed E-state index contributed by atoms with van der Waals surface area (Å²) in [6.07, 6.45) is 5.22. The van der Waals surface area contributed by atoms with Gasteiger partial charge in [-0.25, -0.2) is 0 Å². The lowest BCUT2D eigenvalue weighted by Gasteiger charge is -2.32. The Morgan fingerprint density at radius 2 is 1.83 bits per heavy atom. The molecule has 96 valence electrons. The molecule has 0 saturated carbocycles. The van der Waals surface area contributed by atoms with Crippen LogP contribution in [-0.4, -0.2) is 23.3 Å². The molecule has 1 aromatic heterocycles. The number of nitrogens with zero attached hydrogens (tertiary/aromatic N) is 1. The van der Waals surface area contributed by atoms with Crippen LogP contribution in [0, 0.1) is 0 Å². The molecule has 1 saturated heterocycles. The molecule has 0 radical (unpaired) electrons. The van der Waals surface area contributed by atoms with E-state index < -0.39 is 0 Å². The molecule has 0 N–H and O–H groups in total. The number of aromatic nitrogens is 1. The molecule has 0 aliphatic carbocycles. The van der Waals surface area contributed by atoms with Gasteiger partial charge in [0.2, 0.25) is 0 Å². The molecule has 0 unspecified atom stereocenters. The van der Waals surface area contributed by atoms with Crippen molar-refractivity contribution >= 4 is 24.8 Å². The highest BCUT2D eigenvalue weighted by atomic mass is 35.5. The van der Waals surface area contributed by atoms with Gasteiger partial charge in [-0.05, 0) is 39.3 Å². The SMILES string of the molecule is CC1(C)OB(/C=C/c2ccncc2Cl)OC1(C)C. The third-order valence-electron chi connectivity index (χ3n) is 3.51. The molecule has 0 atom stereocenters. The first kappa shape index (κ1) is 13.6. The van der Waals surface area contributed by atoms with Crippen molar-refractivity contribution < 1.29 is 9.31 Å². The summed E-state index contributed by atoms with van der Waals surface area (Å²) in [7, 11) is -0.348. The molecule has 18 heavy (non-hydrogen) atoms. The van der Waals surface area contributed by atoms with Crippen LogP contribution in [0.15, 0.2) is 24.4 Å². The van der Waals surface area contributed by atoms with Crippen molar-refractivity contribution in [1.29, 1.82) is 0 Å². The average Bonchev–Trinajstić information content (AvgIpc) is 2.46. The summed E-state index contributed by atoms with van der Waals surface area (Å²) >= 11 is 6.03. The topological polar surface area (TPSA) is 31.4 Å². The quantitative estimate of drug-likeness (QED) is 0.768. The second-order valence-corrected chi connectivity index (χ2v) is 5.79. The molecule has 1 aliphatic heterocycles. The summed E-state index contributed by atoms with van der Waals surface area (Å²) in [6.45, 7) is 8.11. The molecule has 2 rings (SSSR count). The van der Waals surface area contributed by atoms with E-state index in [2.05, 4.69) is 4.98 Å². The molecule has 0 bridgehead atoms. The van der Waals surface area contributed by atoms with Crippen molar-refractivity contribution in [3.63, 3.8) is 0 Å². The third kappa shape index (κ3) is 2.61. The molecule has 1 fully saturated rings. The Balaban J connectivity index is 2.11. The number of hydrogen-bond acceptors (Lipinski definition) is 3. The lowest BCUT2D eigenvalue weighted by atomic mass is 9.89. The van der Waals surface area contributed by atoms with Crippen molar-refractivity contribution in [3.8, 4) is 0 Å². The lowest BCUT2D eigenvalue weighted by molar-refractivity contribution is 0.00578. The average molecular weight is 266 g/mol. The van der Waals surface area contributed by atoms with Crippen LogP contribution in [0.1, 0.15) is 33.3 Å². The van der Waals surface area contributed by atoms with Crippen LogP contribution in [-0.2, 0) is 9.31 Å². The molecule has 1 aliphatic rings. The Hall–Kier alpha value is -0.835. The zero-order valence-corrected chi connectivity index (χ0v) is 11.9. The Morgan fingerprint density at radius 3 is 2.39 bits per heavy atom. The van der Waals surface area contributed by atoms with Crippen molar-refractivity contribution in [2.75, 3.05) is 0 Å². The maximum absolute atomic E-state index is 6.03. The highest BCUT2D eigenvalue weighted by molar-refractivity contribution is 6.52. The first-order chi connectivity index (χ1) is 8.32. The standard InChI is InChI=1S/C13H17BClNO2/c1-12(2)13(3,4)18-14(17-12)7-5-10-6-8-16-9-11(10)15/h5-9H,1-4H3/b7-5+. The Bertz CT molecular complexity index is 458. The van der Waals surface area contributed by atoms with Crippen LogP contribution in [0.2, 0.25) is 5.02 Å². The molecule has 5 heteroatoms. The van der Waals surface area contributed by atoms with Gasteiger partial charge in [0.1, 0.15) is 0 Å². The van der Waals surface area contributed by atoms with E-state index >= 15 is 0 Å². The van der Waals surface area contributed by atoms with Crippen molar-refractivity contribution in [2.45, 2.75) is 38.9 Å². The van der Waals surface area contributed by atoms with Gasteiger partial charge in [-0.3, -0.25) is 4.98 Å². The van der Waals surface area contributed by atoms with Crippen LogP contribution < -0.4 is 0 Å². The summed E-state index contributed by atoms with van der Waals surface area (Å²) in [4.78, 5) is 3.94. The zero-order chi connectivity index (χ0) is 13.4. The van der Waals surface area contributed by atoms with Crippen molar-refractivity contribution in [2.24, 2.45) is 0 Å². The Labute approximate surface area is 113 Å².